The zero-order valence-corrected chi connectivity index (χ0v) is 18.8. The van der Waals surface area contributed by atoms with Gasteiger partial charge in [-0.3, -0.25) is 19.4 Å². The molecule has 12 heteroatoms. The minimum atomic E-state index is -1.33. The Balaban J connectivity index is 1.82. The van der Waals surface area contributed by atoms with Crippen LogP contribution < -0.4 is 21.5 Å². The Hall–Kier alpha value is -4.79. The molecule has 0 bridgehead atoms. The van der Waals surface area contributed by atoms with Crippen LogP contribution in [0.15, 0.2) is 29.1 Å². The molecule has 0 aliphatic rings. The molecule has 1 aromatic carbocycles. The Morgan fingerprint density at radius 1 is 1.23 bits per heavy atom. The van der Waals surface area contributed by atoms with Gasteiger partial charge in [0.05, 0.1) is 11.9 Å². The van der Waals surface area contributed by atoms with Crippen LogP contribution in [-0.4, -0.2) is 55.6 Å². The van der Waals surface area contributed by atoms with Gasteiger partial charge in [-0.05, 0) is 37.6 Å². The van der Waals surface area contributed by atoms with E-state index in [1.54, 1.807) is 19.1 Å². The molecule has 3 aromatic rings. The van der Waals surface area contributed by atoms with Crippen molar-refractivity contribution in [2.24, 2.45) is 0 Å². The maximum absolute atomic E-state index is 12.5. The lowest BCUT2D eigenvalue weighted by atomic mass is 10.1. The number of H-pyrrole nitrogens is 2. The third-order valence-corrected chi connectivity index (χ3v) is 5.37. The summed E-state index contributed by atoms with van der Waals surface area (Å²) in [6.07, 6.45) is 4.91. The van der Waals surface area contributed by atoms with E-state index in [9.17, 15) is 24.3 Å². The van der Waals surface area contributed by atoms with Crippen molar-refractivity contribution in [1.82, 2.24) is 20.3 Å². The molecule has 0 radical (unpaired) electrons. The fourth-order valence-corrected chi connectivity index (χ4v) is 3.63. The number of carbonyl (C=O) groups is 3. The van der Waals surface area contributed by atoms with Gasteiger partial charge >= 0.3 is 11.9 Å². The number of aromatic nitrogens is 3. The SMILES string of the molecule is C#CCN(Cc1c(C)[nH]c2nc(N)[nH]c(=O)c12)c1ccc(C(=O)N[C@@H](CCC(=O)O)C(=O)O)cc1. The number of nitrogens with one attached hydrogen (secondary N) is 3. The molecule has 3 rings (SSSR count). The highest BCUT2D eigenvalue weighted by molar-refractivity contribution is 5.97. The van der Waals surface area contributed by atoms with E-state index in [0.717, 1.165) is 5.69 Å². The number of nitrogens with zero attached hydrogens (tertiary/aromatic N) is 2. The van der Waals surface area contributed by atoms with Gasteiger partial charge in [0.25, 0.3) is 11.5 Å². The molecule has 1 amide bonds. The summed E-state index contributed by atoms with van der Waals surface area (Å²) < 4.78 is 0. The van der Waals surface area contributed by atoms with Crippen LogP contribution in [0, 0.1) is 19.3 Å². The summed E-state index contributed by atoms with van der Waals surface area (Å²) in [6.45, 7) is 2.28. The molecule has 2 aromatic heterocycles. The van der Waals surface area contributed by atoms with E-state index in [0.29, 0.717) is 22.3 Å². The van der Waals surface area contributed by atoms with Crippen LogP contribution in [0.4, 0.5) is 11.6 Å². The molecule has 0 fully saturated rings. The Kier molecular flexibility index (Phi) is 7.40. The summed E-state index contributed by atoms with van der Waals surface area (Å²) in [5.41, 5.74) is 7.87. The van der Waals surface area contributed by atoms with Crippen LogP contribution in [-0.2, 0) is 16.1 Å². The van der Waals surface area contributed by atoms with Crippen LogP contribution in [0.2, 0.25) is 0 Å². The van der Waals surface area contributed by atoms with Crippen molar-refractivity contribution in [3.63, 3.8) is 0 Å². The van der Waals surface area contributed by atoms with Gasteiger partial charge in [-0.1, -0.05) is 5.92 Å². The van der Waals surface area contributed by atoms with Gasteiger partial charge in [-0.25, -0.2) is 4.79 Å². The molecule has 7 N–H and O–H groups in total. The van der Waals surface area contributed by atoms with Crippen molar-refractivity contribution in [1.29, 1.82) is 0 Å². The number of terminal acetylenes is 1. The molecular formula is C23H24N6O6. The number of amides is 1. The van der Waals surface area contributed by atoms with Crippen LogP contribution in [0.5, 0.6) is 0 Å². The zero-order chi connectivity index (χ0) is 25.7. The van der Waals surface area contributed by atoms with Crippen molar-refractivity contribution >= 4 is 40.5 Å². The summed E-state index contributed by atoms with van der Waals surface area (Å²) in [5, 5.41) is 20.7. The summed E-state index contributed by atoms with van der Waals surface area (Å²) in [6, 6.07) is 4.96. The normalized spacial score (nSPS) is 11.5. The number of nitrogens with two attached hydrogens (primary N) is 1. The Labute approximate surface area is 199 Å². The molecule has 182 valence electrons. The van der Waals surface area contributed by atoms with Gasteiger partial charge < -0.3 is 31.1 Å². The summed E-state index contributed by atoms with van der Waals surface area (Å²) in [5.74, 6) is -0.563. The average molecular weight is 480 g/mol. The van der Waals surface area contributed by atoms with Crippen molar-refractivity contribution < 1.29 is 24.6 Å². The number of anilines is 2. The highest BCUT2D eigenvalue weighted by atomic mass is 16.4. The topological polar surface area (TPSA) is 194 Å². The number of rotatable bonds is 10. The molecule has 0 saturated carbocycles. The predicted molar refractivity (Wildman–Crippen MR) is 128 cm³/mol. The monoisotopic (exact) mass is 480 g/mol. The smallest absolute Gasteiger partial charge is 0.326 e. The second-order valence-electron chi connectivity index (χ2n) is 7.81. The van der Waals surface area contributed by atoms with E-state index in [2.05, 4.69) is 26.2 Å². The van der Waals surface area contributed by atoms with E-state index in [-0.39, 0.29) is 36.6 Å². The number of hydrogen-bond donors (Lipinski definition) is 6. The number of aliphatic carboxylic acids is 2. The van der Waals surface area contributed by atoms with Crippen molar-refractivity contribution in [2.75, 3.05) is 17.2 Å². The minimum absolute atomic E-state index is 0.00209. The first kappa shape index (κ1) is 24.8. The third kappa shape index (κ3) is 5.77. The summed E-state index contributed by atoms with van der Waals surface area (Å²) in [4.78, 5) is 58.5. The van der Waals surface area contributed by atoms with Crippen molar-refractivity contribution in [2.45, 2.75) is 32.4 Å². The molecule has 2 heterocycles. The average Bonchev–Trinajstić information content (AvgIpc) is 3.10. The number of carboxylic acids is 2. The lowest BCUT2D eigenvalue weighted by Crippen LogP contribution is -2.41. The maximum atomic E-state index is 12.5. The van der Waals surface area contributed by atoms with Crippen molar-refractivity contribution in [3.05, 3.63) is 51.4 Å². The van der Waals surface area contributed by atoms with Gasteiger partial charge in [0.15, 0.2) is 0 Å². The molecule has 0 spiro atoms. The number of fused-ring (bicyclic) bond motifs is 1. The van der Waals surface area contributed by atoms with Crippen LogP contribution in [0.25, 0.3) is 11.0 Å². The summed E-state index contributed by atoms with van der Waals surface area (Å²) >= 11 is 0. The number of benzene rings is 1. The molecule has 12 nitrogen and oxygen atoms in total. The van der Waals surface area contributed by atoms with Gasteiger partial charge in [-0.2, -0.15) is 4.98 Å². The molecule has 0 saturated heterocycles. The molecular weight excluding hydrogens is 456 g/mol. The number of aromatic amines is 2. The standard InChI is InChI=1S/C23H24N6O6/c1-3-10-29(11-15-12(2)25-19-18(15)21(33)28-23(24)27-19)14-6-4-13(5-7-14)20(32)26-16(22(34)35)8-9-17(30)31/h1,4-7,16H,8-11H2,2H3,(H,26,32)(H,30,31)(H,34,35)(H4,24,25,27,28,33)/t16-/m0/s1. The third-order valence-electron chi connectivity index (χ3n) is 5.37. The van der Waals surface area contributed by atoms with Crippen LogP contribution >= 0.6 is 0 Å². The molecule has 0 unspecified atom stereocenters. The van der Waals surface area contributed by atoms with Gasteiger partial charge in [0, 0.05) is 35.5 Å². The highest BCUT2D eigenvalue weighted by Crippen LogP contribution is 2.23. The summed E-state index contributed by atoms with van der Waals surface area (Å²) in [7, 11) is 0. The number of nitrogen functional groups attached to an aromatic ring is 1. The Morgan fingerprint density at radius 3 is 2.51 bits per heavy atom. The van der Waals surface area contributed by atoms with Gasteiger partial charge in [-0.15, -0.1) is 6.42 Å². The quantitative estimate of drug-likeness (QED) is 0.228. The van der Waals surface area contributed by atoms with Gasteiger partial charge in [0.2, 0.25) is 5.95 Å². The molecule has 0 aliphatic heterocycles. The first-order chi connectivity index (χ1) is 16.6. The van der Waals surface area contributed by atoms with Crippen LogP contribution in [0.1, 0.15) is 34.5 Å². The second kappa shape index (κ2) is 10.4. The molecule has 1 atom stereocenters. The van der Waals surface area contributed by atoms with E-state index < -0.39 is 30.3 Å². The Morgan fingerprint density at radius 2 is 1.91 bits per heavy atom. The van der Waals surface area contributed by atoms with E-state index in [1.807, 2.05) is 4.90 Å². The van der Waals surface area contributed by atoms with Gasteiger partial charge in [0.1, 0.15) is 11.7 Å². The lowest BCUT2D eigenvalue weighted by Gasteiger charge is -2.23. The van der Waals surface area contributed by atoms with E-state index in [4.69, 9.17) is 17.3 Å². The van der Waals surface area contributed by atoms with Crippen LogP contribution in [0.3, 0.4) is 0 Å². The number of aryl methyl sites for hydroxylation is 1. The highest BCUT2D eigenvalue weighted by Gasteiger charge is 2.22. The minimum Gasteiger partial charge on any atom is -0.481 e. The Bertz CT molecular complexity index is 1370. The van der Waals surface area contributed by atoms with E-state index >= 15 is 0 Å². The number of carboxylic acid groups (broad SMARTS) is 2. The first-order valence-electron chi connectivity index (χ1n) is 10.5. The zero-order valence-electron chi connectivity index (χ0n) is 18.8. The molecule has 0 aliphatic carbocycles. The number of carbonyl (C=O) groups excluding carboxylic acids is 1. The maximum Gasteiger partial charge on any atom is 0.326 e. The lowest BCUT2D eigenvalue weighted by molar-refractivity contribution is -0.140. The second-order valence-corrected chi connectivity index (χ2v) is 7.81. The fourth-order valence-electron chi connectivity index (χ4n) is 3.63. The first-order valence-corrected chi connectivity index (χ1v) is 10.5. The fraction of sp³-hybridized carbons (Fsp3) is 0.261. The number of hydrogen-bond acceptors (Lipinski definition) is 7. The largest absolute Gasteiger partial charge is 0.481 e. The van der Waals surface area contributed by atoms with E-state index in [1.165, 1.54) is 12.1 Å². The molecule has 35 heavy (non-hydrogen) atoms. The van der Waals surface area contributed by atoms with Crippen molar-refractivity contribution in [3.8, 4) is 12.3 Å². The predicted octanol–water partition coefficient (Wildman–Crippen LogP) is 0.829.